The van der Waals surface area contributed by atoms with Crippen LogP contribution in [0.15, 0.2) is 309 Å². The molecule has 3 heterocycles. The highest BCUT2D eigenvalue weighted by Crippen LogP contribution is 2.74. The molecule has 0 N–H and O–H groups in total. The second-order valence-electron chi connectivity index (χ2n) is 19.5. The highest BCUT2D eigenvalue weighted by Gasteiger charge is 2.56. The van der Waals surface area contributed by atoms with Crippen LogP contribution < -0.4 is 30.4 Å². The largest absolute Gasteiger partial charge is 0.458 e. The van der Waals surface area contributed by atoms with Gasteiger partial charge in [-0.3, -0.25) is 0 Å². The van der Waals surface area contributed by atoms with E-state index in [1.54, 1.807) is 0 Å². The first kappa shape index (κ1) is 43.4. The van der Waals surface area contributed by atoms with Crippen molar-refractivity contribution in [3.63, 3.8) is 0 Å². The summed E-state index contributed by atoms with van der Waals surface area (Å²) < 4.78 is 13.4. The zero-order valence-electron chi connectivity index (χ0n) is 40.8. The van der Waals surface area contributed by atoms with Gasteiger partial charge in [-0.05, 0) is 145 Å². The summed E-state index contributed by atoms with van der Waals surface area (Å²) in [5, 5.41) is 10.1. The predicted octanol–water partition coefficient (Wildman–Crippen LogP) is 16.7. The van der Waals surface area contributed by atoms with Gasteiger partial charge in [0, 0.05) is 53.5 Å². The van der Waals surface area contributed by atoms with Crippen molar-refractivity contribution in [3.8, 4) is 33.8 Å². The van der Waals surface area contributed by atoms with Crippen molar-refractivity contribution in [1.29, 1.82) is 0 Å². The molecule has 0 amide bonds. The number of hydrogen-bond acceptors (Lipinski definition) is 3. The lowest BCUT2D eigenvalue weighted by molar-refractivity contribution is 0.487. The van der Waals surface area contributed by atoms with Crippen molar-refractivity contribution < 1.29 is 9.15 Å². The van der Waals surface area contributed by atoms with Crippen LogP contribution in [0.5, 0.6) is 11.5 Å². The Morgan fingerprint density at radius 2 is 0.840 bits per heavy atom. The Kier molecular flexibility index (Phi) is 9.99. The van der Waals surface area contributed by atoms with Crippen LogP contribution in [0.4, 0.5) is 17.1 Å². The summed E-state index contributed by atoms with van der Waals surface area (Å²) in [6.45, 7) is 0. The SMILES string of the molecule is c1ccc(S2(c3ccccc3)c3ccccc3[Si]3(c4ccccc4Oc4ccccc43)c3ccc(-c4ccc(N(c5ccc(-c6cccc7ccccc67)cc5)c5ccc6c(c5)oc5ccccc56)cc4)cc32)cc1. The lowest BCUT2D eigenvalue weighted by atomic mass is 9.98. The Morgan fingerprint density at radius 1 is 0.320 bits per heavy atom. The summed E-state index contributed by atoms with van der Waals surface area (Å²) in [5.41, 5.74) is 9.59. The second kappa shape index (κ2) is 17.2. The first-order valence-corrected chi connectivity index (χ1v) is 29.3. The summed E-state index contributed by atoms with van der Waals surface area (Å²) in [6, 6.07) is 105. The first-order valence-electron chi connectivity index (χ1n) is 25.6. The van der Waals surface area contributed by atoms with Gasteiger partial charge in [0.1, 0.15) is 22.7 Å². The molecule has 1 aromatic heterocycles. The Balaban J connectivity index is 0.928. The Bertz CT molecular complexity index is 4250. The van der Waals surface area contributed by atoms with Crippen molar-refractivity contribution in [2.75, 3.05) is 4.90 Å². The Hall–Kier alpha value is -9.13. The van der Waals surface area contributed by atoms with Gasteiger partial charge >= 0.3 is 0 Å². The molecule has 75 heavy (non-hydrogen) atoms. The van der Waals surface area contributed by atoms with Gasteiger partial charge in [0.05, 0.1) is 0 Å². The Labute approximate surface area is 438 Å². The zero-order valence-corrected chi connectivity index (χ0v) is 42.6. The molecule has 3 nitrogen and oxygen atoms in total. The van der Waals surface area contributed by atoms with Crippen molar-refractivity contribution >= 4 is 88.6 Å². The van der Waals surface area contributed by atoms with E-state index in [1.165, 1.54) is 67.8 Å². The summed E-state index contributed by atoms with van der Waals surface area (Å²) in [5.74, 6) is 1.88. The molecule has 5 heteroatoms. The fraction of sp³-hybridized carbons (Fsp3) is 0. The molecular formula is C70H47NO2SSi. The molecule has 2 aliphatic rings. The zero-order chi connectivity index (χ0) is 49.5. The number of para-hydroxylation sites is 3. The summed E-state index contributed by atoms with van der Waals surface area (Å²) in [4.78, 5) is 7.76. The van der Waals surface area contributed by atoms with E-state index in [4.69, 9.17) is 9.15 Å². The number of benzene rings is 12. The first-order chi connectivity index (χ1) is 37.2. The van der Waals surface area contributed by atoms with E-state index in [0.29, 0.717) is 0 Å². The van der Waals surface area contributed by atoms with Crippen LogP contribution in [0.3, 0.4) is 0 Å². The summed E-state index contributed by atoms with van der Waals surface area (Å²) in [7, 11) is -5.08. The molecule has 12 aromatic carbocycles. The van der Waals surface area contributed by atoms with Crippen LogP contribution in [-0.2, 0) is 0 Å². The third-order valence-electron chi connectivity index (χ3n) is 15.6. The number of ether oxygens (including phenoxy) is 1. The average Bonchev–Trinajstić information content (AvgIpc) is 3.86. The summed E-state index contributed by atoms with van der Waals surface area (Å²) in [6.07, 6.45) is 0. The third-order valence-corrected chi connectivity index (χ3v) is 24.9. The van der Waals surface area contributed by atoms with Crippen LogP contribution in [0, 0.1) is 0 Å². The second-order valence-corrected chi connectivity index (χ2v) is 26.2. The summed E-state index contributed by atoms with van der Waals surface area (Å²) >= 11 is 0. The van der Waals surface area contributed by atoms with Gasteiger partial charge in [-0.25, -0.2) is 0 Å². The Morgan fingerprint density at radius 3 is 1.55 bits per heavy atom. The lowest BCUT2D eigenvalue weighted by Gasteiger charge is -2.53. The van der Waals surface area contributed by atoms with Crippen molar-refractivity contribution in [3.05, 3.63) is 285 Å². The molecule has 15 rings (SSSR count). The molecule has 0 atom stereocenters. The maximum atomic E-state index is 6.85. The minimum atomic E-state index is -3.02. The van der Waals surface area contributed by atoms with E-state index in [2.05, 4.69) is 278 Å². The monoisotopic (exact) mass is 993 g/mol. The molecule has 0 saturated carbocycles. The average molecular weight is 994 g/mol. The van der Waals surface area contributed by atoms with E-state index in [-0.39, 0.29) is 0 Å². The molecule has 2 aliphatic heterocycles. The maximum Gasteiger partial charge on any atom is 0.190 e. The standard InChI is InChI=1S/C70H47NO2SSi/c1-3-20-55(21-4-1)74(56-22-5-2-6-23-56)65-30-13-16-33-69(65)75(67-31-14-11-28-62(67)73-63-29-12-15-32-68(63)75)70-45-38-51(46-66(70)74)48-34-39-52(40-35-48)71(54-43-44-60-59-25-9-10-27-61(59)72-64(60)47-54)53-41-36-50(37-42-53)58-26-17-19-49-18-7-8-24-57(49)58/h1-47H. The molecule has 1 spiro atoms. The minimum Gasteiger partial charge on any atom is -0.458 e. The third kappa shape index (κ3) is 6.55. The van der Waals surface area contributed by atoms with E-state index < -0.39 is 18.1 Å². The van der Waals surface area contributed by atoms with Gasteiger partial charge in [0.25, 0.3) is 0 Å². The number of rotatable bonds is 7. The number of anilines is 3. The topological polar surface area (TPSA) is 25.6 Å². The fourth-order valence-electron chi connectivity index (χ4n) is 12.4. The van der Waals surface area contributed by atoms with E-state index >= 15 is 0 Å². The van der Waals surface area contributed by atoms with Crippen LogP contribution in [0.1, 0.15) is 0 Å². The van der Waals surface area contributed by atoms with Gasteiger partial charge in [-0.2, -0.15) is 0 Å². The van der Waals surface area contributed by atoms with Gasteiger partial charge in [0.2, 0.25) is 0 Å². The normalized spacial score (nSPS) is 14.1. The molecule has 0 bridgehead atoms. The number of nitrogens with zero attached hydrogens (tertiary/aromatic N) is 1. The molecule has 0 saturated heterocycles. The van der Waals surface area contributed by atoms with Gasteiger partial charge in [0.15, 0.2) is 8.07 Å². The fourth-order valence-corrected chi connectivity index (χ4v) is 23.3. The molecule has 0 radical (unpaired) electrons. The van der Waals surface area contributed by atoms with Crippen LogP contribution >= 0.6 is 10.0 Å². The van der Waals surface area contributed by atoms with E-state index in [1.807, 2.05) is 12.1 Å². The van der Waals surface area contributed by atoms with Crippen LogP contribution in [0.2, 0.25) is 0 Å². The molecular weight excluding hydrogens is 947 g/mol. The van der Waals surface area contributed by atoms with Gasteiger partial charge < -0.3 is 14.1 Å². The highest BCUT2D eigenvalue weighted by atomic mass is 32.3. The highest BCUT2D eigenvalue weighted by molar-refractivity contribution is 8.34. The molecule has 0 unspecified atom stereocenters. The van der Waals surface area contributed by atoms with Gasteiger partial charge in [-0.15, -0.1) is 10.0 Å². The molecule has 0 fully saturated rings. The number of hydrogen-bond donors (Lipinski definition) is 0. The predicted molar refractivity (Wildman–Crippen MR) is 314 cm³/mol. The van der Waals surface area contributed by atoms with Crippen molar-refractivity contribution in [2.24, 2.45) is 0 Å². The van der Waals surface area contributed by atoms with E-state index in [0.717, 1.165) is 56.1 Å². The lowest BCUT2D eigenvalue weighted by Crippen LogP contribution is -2.78. The molecule has 354 valence electrons. The minimum absolute atomic E-state index is 0.859. The molecule has 0 aliphatic carbocycles. The smallest absolute Gasteiger partial charge is 0.190 e. The molecule has 13 aromatic rings. The van der Waals surface area contributed by atoms with E-state index in [9.17, 15) is 0 Å². The number of furan rings is 1. The van der Waals surface area contributed by atoms with Gasteiger partial charge in [-0.1, -0.05) is 188 Å². The number of fused-ring (bicyclic) bond motifs is 12. The van der Waals surface area contributed by atoms with Crippen molar-refractivity contribution in [1.82, 2.24) is 0 Å². The maximum absolute atomic E-state index is 6.85. The van der Waals surface area contributed by atoms with Crippen LogP contribution in [0.25, 0.3) is 55.0 Å². The quantitative estimate of drug-likeness (QED) is 0.149. The van der Waals surface area contributed by atoms with Crippen LogP contribution in [-0.4, -0.2) is 8.07 Å². The van der Waals surface area contributed by atoms with Crippen molar-refractivity contribution in [2.45, 2.75) is 19.6 Å².